The van der Waals surface area contributed by atoms with Gasteiger partial charge in [0.05, 0.1) is 0 Å². The normalized spacial score (nSPS) is 11.2. The Morgan fingerprint density at radius 3 is 2.78 bits per heavy atom. The van der Waals surface area contributed by atoms with E-state index in [4.69, 9.17) is 9.52 Å². The summed E-state index contributed by atoms with van der Waals surface area (Å²) in [5.41, 5.74) is -0.494. The minimum absolute atomic E-state index is 0.0694. The van der Waals surface area contributed by atoms with E-state index >= 15 is 0 Å². The number of nitrogens with zero attached hydrogens (tertiary/aromatic N) is 1. The summed E-state index contributed by atoms with van der Waals surface area (Å²) in [5.74, 6) is -3.43. The predicted molar refractivity (Wildman–Crippen MR) is 58.5 cm³/mol. The molecule has 1 aromatic carbocycles. The molecule has 0 fully saturated rings. The maximum absolute atomic E-state index is 13.6. The van der Waals surface area contributed by atoms with E-state index in [0.29, 0.717) is 5.69 Å². The standard InChI is InChI=1S/C12H5F2NO3/c13-6-4-8-12(10(14)11(6)17)18-9-3-5(16)1-2-7(9)15-8/h1-4,17H. The van der Waals surface area contributed by atoms with E-state index in [1.807, 2.05) is 0 Å². The highest BCUT2D eigenvalue weighted by Gasteiger charge is 2.18. The van der Waals surface area contributed by atoms with Gasteiger partial charge in [-0.1, -0.05) is 0 Å². The molecule has 0 saturated heterocycles. The van der Waals surface area contributed by atoms with E-state index in [2.05, 4.69) is 4.98 Å². The number of halogens is 2. The van der Waals surface area contributed by atoms with Crippen LogP contribution in [-0.4, -0.2) is 10.1 Å². The molecule has 4 nitrogen and oxygen atoms in total. The van der Waals surface area contributed by atoms with Gasteiger partial charge in [0.15, 0.2) is 28.3 Å². The van der Waals surface area contributed by atoms with Crippen molar-refractivity contribution >= 4 is 11.1 Å². The smallest absolute Gasteiger partial charge is 0.212 e. The first kappa shape index (κ1) is 10.6. The van der Waals surface area contributed by atoms with Crippen molar-refractivity contribution < 1.29 is 18.3 Å². The third-order valence-electron chi connectivity index (χ3n) is 2.51. The number of hydrogen-bond acceptors (Lipinski definition) is 4. The lowest BCUT2D eigenvalue weighted by Gasteiger charge is -2.07. The fraction of sp³-hybridized carbons (Fsp3) is 0. The van der Waals surface area contributed by atoms with Gasteiger partial charge in [0.2, 0.25) is 5.82 Å². The van der Waals surface area contributed by atoms with Crippen molar-refractivity contribution in [3.05, 3.63) is 46.1 Å². The number of phenols is 1. The molecule has 1 N–H and O–H groups in total. The van der Waals surface area contributed by atoms with Gasteiger partial charge in [0, 0.05) is 12.1 Å². The first-order valence-electron chi connectivity index (χ1n) is 4.98. The second kappa shape index (κ2) is 3.49. The van der Waals surface area contributed by atoms with E-state index in [9.17, 15) is 13.6 Å². The summed E-state index contributed by atoms with van der Waals surface area (Å²) < 4.78 is 31.9. The molecule has 0 saturated carbocycles. The van der Waals surface area contributed by atoms with Crippen LogP contribution in [0.3, 0.4) is 0 Å². The minimum Gasteiger partial charge on any atom is -0.503 e. The van der Waals surface area contributed by atoms with Crippen LogP contribution in [0.2, 0.25) is 0 Å². The molecule has 2 aliphatic rings. The summed E-state index contributed by atoms with van der Waals surface area (Å²) in [4.78, 5) is 15.1. The Labute approximate surface area is 98.5 Å². The van der Waals surface area contributed by atoms with E-state index in [-0.39, 0.29) is 16.7 Å². The molecular formula is C12H5F2NO3. The molecule has 90 valence electrons. The Kier molecular flexibility index (Phi) is 2.07. The van der Waals surface area contributed by atoms with E-state index in [1.165, 1.54) is 12.1 Å². The molecule has 1 aliphatic carbocycles. The summed E-state index contributed by atoms with van der Waals surface area (Å²) >= 11 is 0. The molecule has 1 aromatic rings. The number of aromatic nitrogens is 1. The highest BCUT2D eigenvalue weighted by atomic mass is 19.1. The van der Waals surface area contributed by atoms with E-state index in [0.717, 1.165) is 12.1 Å². The van der Waals surface area contributed by atoms with Crippen molar-refractivity contribution in [2.24, 2.45) is 0 Å². The van der Waals surface area contributed by atoms with Crippen LogP contribution in [0.5, 0.6) is 5.75 Å². The number of rotatable bonds is 0. The molecule has 1 aliphatic heterocycles. The van der Waals surface area contributed by atoms with Crippen molar-refractivity contribution in [1.82, 2.24) is 4.98 Å². The Balaban J connectivity index is 2.51. The SMILES string of the molecule is O=c1ccc2nc3cc(F)c(O)c(F)c3oc-2c1. The average molecular weight is 249 g/mol. The molecule has 3 rings (SSSR count). The zero-order valence-electron chi connectivity index (χ0n) is 8.78. The van der Waals surface area contributed by atoms with Crippen LogP contribution in [-0.2, 0) is 0 Å². The molecule has 1 heterocycles. The van der Waals surface area contributed by atoms with Crippen molar-refractivity contribution in [3.63, 3.8) is 0 Å². The first-order chi connectivity index (χ1) is 8.56. The van der Waals surface area contributed by atoms with Gasteiger partial charge in [-0.25, -0.2) is 9.37 Å². The van der Waals surface area contributed by atoms with E-state index in [1.54, 1.807) is 0 Å². The lowest BCUT2D eigenvalue weighted by molar-refractivity contribution is 0.394. The maximum atomic E-state index is 13.6. The number of benzene rings is 2. The van der Waals surface area contributed by atoms with Crippen LogP contribution in [0.1, 0.15) is 0 Å². The van der Waals surface area contributed by atoms with Crippen LogP contribution in [0.4, 0.5) is 8.78 Å². The zero-order valence-corrected chi connectivity index (χ0v) is 8.78. The predicted octanol–water partition coefficient (Wildman–Crippen LogP) is 2.28. The fourth-order valence-electron chi connectivity index (χ4n) is 1.67. The van der Waals surface area contributed by atoms with Gasteiger partial charge in [-0.2, -0.15) is 4.39 Å². The molecule has 0 atom stereocenters. The molecule has 0 amide bonds. The zero-order chi connectivity index (χ0) is 12.9. The summed E-state index contributed by atoms with van der Waals surface area (Å²) in [6.07, 6.45) is 0. The monoisotopic (exact) mass is 249 g/mol. The van der Waals surface area contributed by atoms with Gasteiger partial charge in [0.1, 0.15) is 11.2 Å². The first-order valence-corrected chi connectivity index (χ1v) is 4.98. The van der Waals surface area contributed by atoms with Crippen LogP contribution >= 0.6 is 0 Å². The van der Waals surface area contributed by atoms with Gasteiger partial charge in [0.25, 0.3) is 0 Å². The molecule has 0 bridgehead atoms. The quantitative estimate of drug-likeness (QED) is 0.621. The van der Waals surface area contributed by atoms with Gasteiger partial charge >= 0.3 is 0 Å². The highest BCUT2D eigenvalue weighted by Crippen LogP contribution is 2.31. The van der Waals surface area contributed by atoms with Crippen LogP contribution in [0.15, 0.2) is 33.5 Å². The van der Waals surface area contributed by atoms with Crippen LogP contribution < -0.4 is 5.43 Å². The second-order valence-corrected chi connectivity index (χ2v) is 3.71. The molecule has 6 heteroatoms. The molecule has 0 spiro atoms. The Hall–Kier alpha value is -2.50. The van der Waals surface area contributed by atoms with Gasteiger partial charge in [-0.05, 0) is 12.1 Å². The molecule has 0 aromatic heterocycles. The summed E-state index contributed by atoms with van der Waals surface area (Å²) in [5, 5.41) is 9.13. The lowest BCUT2D eigenvalue weighted by atomic mass is 10.2. The lowest BCUT2D eigenvalue weighted by Crippen LogP contribution is -2.00. The van der Waals surface area contributed by atoms with Crippen LogP contribution in [0, 0.1) is 11.6 Å². The molecular weight excluding hydrogens is 244 g/mol. The number of phenolic OH excluding ortho intramolecular Hbond substituents is 1. The average Bonchev–Trinajstić information content (AvgIpc) is 2.35. The summed E-state index contributed by atoms with van der Waals surface area (Å²) in [6, 6.07) is 4.66. The van der Waals surface area contributed by atoms with Crippen molar-refractivity contribution in [2.75, 3.05) is 0 Å². The third-order valence-corrected chi connectivity index (χ3v) is 2.51. The Bertz CT molecular complexity index is 797. The fourth-order valence-corrected chi connectivity index (χ4v) is 1.67. The molecule has 18 heavy (non-hydrogen) atoms. The second-order valence-electron chi connectivity index (χ2n) is 3.71. The largest absolute Gasteiger partial charge is 0.503 e. The Morgan fingerprint density at radius 1 is 1.22 bits per heavy atom. The number of fused-ring (bicyclic) bond motifs is 2. The maximum Gasteiger partial charge on any atom is 0.212 e. The van der Waals surface area contributed by atoms with Gasteiger partial charge in [-0.15, -0.1) is 0 Å². The number of hydrogen-bond donors (Lipinski definition) is 1. The van der Waals surface area contributed by atoms with Crippen molar-refractivity contribution in [1.29, 1.82) is 0 Å². The van der Waals surface area contributed by atoms with Gasteiger partial charge in [-0.3, -0.25) is 4.79 Å². The number of aromatic hydroxyl groups is 1. The minimum atomic E-state index is -1.24. The topological polar surface area (TPSA) is 63.3 Å². The van der Waals surface area contributed by atoms with E-state index < -0.39 is 23.0 Å². The van der Waals surface area contributed by atoms with Crippen LogP contribution in [0.25, 0.3) is 22.6 Å². The Morgan fingerprint density at radius 2 is 2.00 bits per heavy atom. The van der Waals surface area contributed by atoms with Crippen molar-refractivity contribution in [2.45, 2.75) is 0 Å². The molecule has 0 radical (unpaired) electrons. The molecule has 0 unspecified atom stereocenters. The summed E-state index contributed by atoms with van der Waals surface area (Å²) in [7, 11) is 0. The third kappa shape index (κ3) is 1.42. The van der Waals surface area contributed by atoms with Crippen molar-refractivity contribution in [3.8, 4) is 17.2 Å². The van der Waals surface area contributed by atoms with Gasteiger partial charge < -0.3 is 9.52 Å². The highest BCUT2D eigenvalue weighted by molar-refractivity contribution is 5.78. The summed E-state index contributed by atoms with van der Waals surface area (Å²) in [6.45, 7) is 0.